The first-order chi connectivity index (χ1) is 12.8. The highest BCUT2D eigenvalue weighted by Crippen LogP contribution is 2.16. The van der Waals surface area contributed by atoms with E-state index in [0.29, 0.717) is 5.92 Å². The molecule has 152 valence electrons. The Bertz CT molecular complexity index is 386. The summed E-state index contributed by atoms with van der Waals surface area (Å²) in [6.07, 6.45) is 8.74. The van der Waals surface area contributed by atoms with E-state index in [4.69, 9.17) is 9.47 Å². The minimum absolute atomic E-state index is 0.602. The molecule has 0 aromatic heterocycles. The number of ether oxygens (including phenoxy) is 2. The highest BCUT2D eigenvalue weighted by molar-refractivity contribution is 5.79. The van der Waals surface area contributed by atoms with Crippen molar-refractivity contribution in [3.8, 4) is 0 Å². The normalized spacial score (nSPS) is 24.8. The number of unbranched alkanes of at least 4 members (excludes halogenated alkanes) is 1. The van der Waals surface area contributed by atoms with Gasteiger partial charge in [-0.3, -0.25) is 4.99 Å². The van der Waals surface area contributed by atoms with Crippen LogP contribution >= 0.6 is 0 Å². The monoisotopic (exact) mass is 368 g/mol. The molecule has 0 aromatic carbocycles. The molecule has 0 saturated carbocycles. The number of aliphatic imine (C=N–C) groups is 1. The van der Waals surface area contributed by atoms with Gasteiger partial charge in [0.05, 0.1) is 13.2 Å². The molecular formula is C20H40N4O2. The lowest BCUT2D eigenvalue weighted by Crippen LogP contribution is -2.39. The van der Waals surface area contributed by atoms with Crippen LogP contribution in [0.5, 0.6) is 0 Å². The van der Waals surface area contributed by atoms with E-state index in [-0.39, 0.29) is 0 Å². The number of nitrogens with one attached hydrogen (secondary N) is 2. The molecule has 2 unspecified atom stereocenters. The molecule has 2 aliphatic rings. The van der Waals surface area contributed by atoms with Gasteiger partial charge in [-0.05, 0) is 58.5 Å². The average molecular weight is 369 g/mol. The Labute approximate surface area is 160 Å². The largest absolute Gasteiger partial charge is 0.381 e. The van der Waals surface area contributed by atoms with Crippen molar-refractivity contribution in [3.05, 3.63) is 0 Å². The molecule has 0 aliphatic carbocycles. The van der Waals surface area contributed by atoms with Crippen molar-refractivity contribution in [1.82, 2.24) is 15.5 Å². The molecule has 0 aromatic rings. The highest BCUT2D eigenvalue weighted by Gasteiger charge is 2.17. The lowest BCUT2D eigenvalue weighted by molar-refractivity contribution is 0.0888. The molecule has 0 bridgehead atoms. The van der Waals surface area contributed by atoms with Crippen LogP contribution in [0.25, 0.3) is 0 Å². The quantitative estimate of drug-likeness (QED) is 0.333. The van der Waals surface area contributed by atoms with Crippen molar-refractivity contribution in [2.24, 2.45) is 10.9 Å². The summed E-state index contributed by atoms with van der Waals surface area (Å²) in [7, 11) is 1.83. The molecule has 0 radical (unpaired) electrons. The molecule has 2 aliphatic heterocycles. The summed E-state index contributed by atoms with van der Waals surface area (Å²) in [5, 5.41) is 6.79. The summed E-state index contributed by atoms with van der Waals surface area (Å²) in [5.41, 5.74) is 0. The Morgan fingerprint density at radius 1 is 1.15 bits per heavy atom. The van der Waals surface area contributed by atoms with E-state index in [0.717, 1.165) is 64.4 Å². The number of hydrogen-bond acceptors (Lipinski definition) is 4. The second kappa shape index (κ2) is 13.3. The molecule has 2 heterocycles. The molecule has 2 fully saturated rings. The maximum atomic E-state index is 5.73. The van der Waals surface area contributed by atoms with Crippen LogP contribution in [0.1, 0.15) is 51.9 Å². The molecule has 0 spiro atoms. The number of likely N-dealkylation sites (tertiary alicyclic amines) is 1. The Morgan fingerprint density at radius 2 is 2.00 bits per heavy atom. The van der Waals surface area contributed by atoms with Crippen LogP contribution in [0.15, 0.2) is 4.99 Å². The van der Waals surface area contributed by atoms with Crippen molar-refractivity contribution >= 4 is 5.96 Å². The van der Waals surface area contributed by atoms with E-state index in [1.807, 2.05) is 7.05 Å². The standard InChI is InChI=1S/C20H40N4O2/c1-18-8-3-5-12-24(18)13-6-4-10-22-20(21-2)23-11-7-14-25-16-19-9-15-26-17-19/h18-19H,3-17H2,1-2H3,(H2,21,22,23). The summed E-state index contributed by atoms with van der Waals surface area (Å²) < 4.78 is 11.1. The Hall–Kier alpha value is -0.850. The summed E-state index contributed by atoms with van der Waals surface area (Å²) in [4.78, 5) is 6.94. The number of piperidine rings is 1. The van der Waals surface area contributed by atoms with Crippen molar-refractivity contribution in [2.45, 2.75) is 57.9 Å². The predicted molar refractivity (Wildman–Crippen MR) is 108 cm³/mol. The molecule has 6 heteroatoms. The molecular weight excluding hydrogens is 328 g/mol. The van der Waals surface area contributed by atoms with Crippen LogP contribution < -0.4 is 10.6 Å². The van der Waals surface area contributed by atoms with E-state index >= 15 is 0 Å². The lowest BCUT2D eigenvalue weighted by atomic mass is 10.0. The SMILES string of the molecule is CN=C(NCCCCN1CCCCC1C)NCCCOCC1CCOC1. The van der Waals surface area contributed by atoms with E-state index < -0.39 is 0 Å². The Kier molecular flexibility index (Phi) is 11.0. The number of rotatable bonds is 11. The van der Waals surface area contributed by atoms with Crippen LogP contribution in [-0.2, 0) is 9.47 Å². The topological polar surface area (TPSA) is 58.1 Å². The van der Waals surface area contributed by atoms with Gasteiger partial charge >= 0.3 is 0 Å². The number of nitrogens with zero attached hydrogens (tertiary/aromatic N) is 2. The lowest BCUT2D eigenvalue weighted by Gasteiger charge is -2.33. The summed E-state index contributed by atoms with van der Waals surface area (Å²) in [6.45, 7) is 10.2. The van der Waals surface area contributed by atoms with E-state index in [9.17, 15) is 0 Å². The van der Waals surface area contributed by atoms with Crippen LogP contribution in [0.3, 0.4) is 0 Å². The molecule has 2 atom stereocenters. The van der Waals surface area contributed by atoms with Gasteiger partial charge in [0.15, 0.2) is 5.96 Å². The highest BCUT2D eigenvalue weighted by atomic mass is 16.5. The summed E-state index contributed by atoms with van der Waals surface area (Å²) >= 11 is 0. The third-order valence-electron chi connectivity index (χ3n) is 5.46. The average Bonchev–Trinajstić information content (AvgIpc) is 3.17. The van der Waals surface area contributed by atoms with Crippen LogP contribution in [-0.4, -0.2) is 76.6 Å². The zero-order valence-electron chi connectivity index (χ0n) is 17.0. The van der Waals surface area contributed by atoms with Crippen molar-refractivity contribution in [2.75, 3.05) is 59.7 Å². The van der Waals surface area contributed by atoms with E-state index in [1.165, 1.54) is 45.2 Å². The molecule has 2 saturated heterocycles. The molecule has 26 heavy (non-hydrogen) atoms. The van der Waals surface area contributed by atoms with Gasteiger partial charge in [0.25, 0.3) is 0 Å². The van der Waals surface area contributed by atoms with Gasteiger partial charge in [0, 0.05) is 45.3 Å². The van der Waals surface area contributed by atoms with Crippen molar-refractivity contribution in [1.29, 1.82) is 0 Å². The second-order valence-electron chi connectivity index (χ2n) is 7.67. The molecule has 0 amide bonds. The third-order valence-corrected chi connectivity index (χ3v) is 5.46. The maximum absolute atomic E-state index is 5.73. The van der Waals surface area contributed by atoms with Gasteiger partial charge in [-0.15, -0.1) is 0 Å². The fourth-order valence-corrected chi connectivity index (χ4v) is 3.70. The zero-order valence-corrected chi connectivity index (χ0v) is 17.0. The van der Waals surface area contributed by atoms with Gasteiger partial charge in [0.2, 0.25) is 0 Å². The van der Waals surface area contributed by atoms with Gasteiger partial charge in [-0.25, -0.2) is 0 Å². The predicted octanol–water partition coefficient (Wildman–Crippen LogP) is 2.25. The van der Waals surface area contributed by atoms with Crippen LogP contribution in [0, 0.1) is 5.92 Å². The Balaban J connectivity index is 1.41. The second-order valence-corrected chi connectivity index (χ2v) is 7.67. The third kappa shape index (κ3) is 8.69. The van der Waals surface area contributed by atoms with Crippen LogP contribution in [0.2, 0.25) is 0 Å². The molecule has 2 rings (SSSR count). The first-order valence-corrected chi connectivity index (χ1v) is 10.6. The number of hydrogen-bond donors (Lipinski definition) is 2. The zero-order chi connectivity index (χ0) is 18.5. The minimum Gasteiger partial charge on any atom is -0.381 e. The van der Waals surface area contributed by atoms with Crippen molar-refractivity contribution in [3.63, 3.8) is 0 Å². The fourth-order valence-electron chi connectivity index (χ4n) is 3.70. The van der Waals surface area contributed by atoms with E-state index in [2.05, 4.69) is 27.4 Å². The van der Waals surface area contributed by atoms with E-state index in [1.54, 1.807) is 0 Å². The first-order valence-electron chi connectivity index (χ1n) is 10.6. The summed E-state index contributed by atoms with van der Waals surface area (Å²) in [6, 6.07) is 0.773. The van der Waals surface area contributed by atoms with Crippen molar-refractivity contribution < 1.29 is 9.47 Å². The smallest absolute Gasteiger partial charge is 0.190 e. The van der Waals surface area contributed by atoms with Gasteiger partial charge in [-0.1, -0.05) is 6.42 Å². The first kappa shape index (κ1) is 21.5. The van der Waals surface area contributed by atoms with Gasteiger partial charge in [0.1, 0.15) is 0 Å². The fraction of sp³-hybridized carbons (Fsp3) is 0.950. The molecule has 2 N–H and O–H groups in total. The van der Waals surface area contributed by atoms with Gasteiger partial charge < -0.3 is 25.0 Å². The van der Waals surface area contributed by atoms with Gasteiger partial charge in [-0.2, -0.15) is 0 Å². The summed E-state index contributed by atoms with van der Waals surface area (Å²) in [5.74, 6) is 1.51. The molecule has 6 nitrogen and oxygen atoms in total. The van der Waals surface area contributed by atoms with Crippen LogP contribution in [0.4, 0.5) is 0 Å². The Morgan fingerprint density at radius 3 is 2.73 bits per heavy atom. The minimum atomic E-state index is 0.602. The number of guanidine groups is 1. The maximum Gasteiger partial charge on any atom is 0.190 e.